The molecule has 0 atom stereocenters. The lowest BCUT2D eigenvalue weighted by Crippen LogP contribution is -2.41. The highest BCUT2D eigenvalue weighted by atomic mass is 32.2. The quantitative estimate of drug-likeness (QED) is 0.449. The number of hydrogen-bond acceptors (Lipinski definition) is 6. The summed E-state index contributed by atoms with van der Waals surface area (Å²) >= 11 is 1.40. The molecule has 0 saturated heterocycles. The average molecular weight is 409 g/mol. The predicted molar refractivity (Wildman–Crippen MR) is 101 cm³/mol. The zero-order valence-electron chi connectivity index (χ0n) is 14.8. The van der Waals surface area contributed by atoms with Crippen molar-refractivity contribution in [3.63, 3.8) is 0 Å². The molecule has 0 radical (unpaired) electrons. The zero-order valence-corrected chi connectivity index (χ0v) is 16.4. The van der Waals surface area contributed by atoms with Crippen molar-refractivity contribution in [2.24, 2.45) is 0 Å². The first-order valence-corrected chi connectivity index (χ1v) is 10.8. The van der Waals surface area contributed by atoms with E-state index >= 15 is 0 Å². The Bertz CT molecular complexity index is 942. The SMILES string of the molecule is COC(=O)c1cccc(S(=O)(=O)NNC(=O)c2cc3c(s2)CCCCC3)c1. The molecule has 1 heterocycles. The lowest BCUT2D eigenvalue weighted by atomic mass is 10.1. The van der Waals surface area contributed by atoms with Gasteiger partial charge in [0.1, 0.15) is 0 Å². The van der Waals surface area contributed by atoms with E-state index in [2.05, 4.69) is 15.0 Å². The van der Waals surface area contributed by atoms with Crippen LogP contribution in [-0.2, 0) is 27.6 Å². The number of carbonyl (C=O) groups excluding carboxylic acids is 2. The maximum atomic E-state index is 12.4. The summed E-state index contributed by atoms with van der Waals surface area (Å²) in [5.41, 5.74) is 3.52. The number of fused-ring (bicyclic) bond motifs is 1. The molecule has 0 unspecified atom stereocenters. The van der Waals surface area contributed by atoms with E-state index in [1.54, 1.807) is 0 Å². The lowest BCUT2D eigenvalue weighted by Gasteiger charge is -2.08. The van der Waals surface area contributed by atoms with E-state index in [0.717, 1.165) is 25.7 Å². The van der Waals surface area contributed by atoms with Gasteiger partial charge in [-0.05, 0) is 55.5 Å². The maximum Gasteiger partial charge on any atom is 0.337 e. The van der Waals surface area contributed by atoms with Crippen LogP contribution in [-0.4, -0.2) is 27.4 Å². The summed E-state index contributed by atoms with van der Waals surface area (Å²) in [7, 11) is -2.81. The van der Waals surface area contributed by atoms with Gasteiger partial charge in [0, 0.05) is 4.88 Å². The number of nitrogens with one attached hydrogen (secondary N) is 2. The molecule has 0 aliphatic heterocycles. The fraction of sp³-hybridized carbons (Fsp3) is 0.333. The van der Waals surface area contributed by atoms with Gasteiger partial charge in [0.25, 0.3) is 15.9 Å². The summed E-state index contributed by atoms with van der Waals surface area (Å²) in [6.45, 7) is 0. The van der Waals surface area contributed by atoms with E-state index in [1.165, 1.54) is 59.6 Å². The Labute approximate surface area is 161 Å². The van der Waals surface area contributed by atoms with Crippen molar-refractivity contribution >= 4 is 33.2 Å². The summed E-state index contributed by atoms with van der Waals surface area (Å²) in [6, 6.07) is 7.23. The van der Waals surface area contributed by atoms with Gasteiger partial charge in [0.2, 0.25) is 0 Å². The van der Waals surface area contributed by atoms with Crippen LogP contribution in [0, 0.1) is 0 Å². The first kappa shape index (κ1) is 19.5. The number of ether oxygens (including phenoxy) is 1. The second-order valence-corrected chi connectivity index (χ2v) is 9.02. The van der Waals surface area contributed by atoms with Gasteiger partial charge in [-0.3, -0.25) is 10.2 Å². The van der Waals surface area contributed by atoms with E-state index in [9.17, 15) is 18.0 Å². The minimum Gasteiger partial charge on any atom is -0.465 e. The van der Waals surface area contributed by atoms with Gasteiger partial charge in [-0.1, -0.05) is 12.5 Å². The lowest BCUT2D eigenvalue weighted by molar-refractivity contribution is 0.0600. The van der Waals surface area contributed by atoms with Crippen molar-refractivity contribution in [3.05, 3.63) is 51.2 Å². The Morgan fingerprint density at radius 3 is 2.67 bits per heavy atom. The number of benzene rings is 1. The number of thiophene rings is 1. The Morgan fingerprint density at radius 2 is 1.89 bits per heavy atom. The molecule has 1 amide bonds. The number of methoxy groups -OCH3 is 1. The topological polar surface area (TPSA) is 102 Å². The van der Waals surface area contributed by atoms with Gasteiger partial charge in [0.15, 0.2) is 0 Å². The average Bonchev–Trinajstić information content (AvgIpc) is 2.96. The molecule has 1 aromatic heterocycles. The van der Waals surface area contributed by atoms with Crippen LogP contribution in [0.3, 0.4) is 0 Å². The molecule has 7 nitrogen and oxygen atoms in total. The number of hydrazine groups is 1. The van der Waals surface area contributed by atoms with Crippen molar-refractivity contribution in [2.45, 2.75) is 37.0 Å². The number of hydrogen-bond donors (Lipinski definition) is 2. The third-order valence-corrected chi connectivity index (χ3v) is 6.82. The van der Waals surface area contributed by atoms with E-state index in [4.69, 9.17) is 0 Å². The summed E-state index contributed by atoms with van der Waals surface area (Å²) < 4.78 is 29.4. The monoisotopic (exact) mass is 408 g/mol. The first-order chi connectivity index (χ1) is 12.9. The number of sulfonamides is 1. The van der Waals surface area contributed by atoms with Crippen LogP contribution in [0.25, 0.3) is 0 Å². The standard InChI is InChI=1S/C18H20N2O5S2/c1-25-18(22)13-7-5-8-14(10-13)27(23,24)20-19-17(21)16-11-12-6-3-2-4-9-15(12)26-16/h5,7-8,10-11,20H,2-4,6,9H2,1H3,(H,19,21). The summed E-state index contributed by atoms with van der Waals surface area (Å²) in [5, 5.41) is 0. The largest absolute Gasteiger partial charge is 0.465 e. The number of rotatable bonds is 5. The van der Waals surface area contributed by atoms with E-state index in [0.29, 0.717) is 4.88 Å². The van der Waals surface area contributed by atoms with Crippen molar-refractivity contribution < 1.29 is 22.7 Å². The van der Waals surface area contributed by atoms with E-state index < -0.39 is 21.9 Å². The highest BCUT2D eigenvalue weighted by molar-refractivity contribution is 7.89. The molecular formula is C18H20N2O5S2. The van der Waals surface area contributed by atoms with Crippen LogP contribution in [0.2, 0.25) is 0 Å². The minimum absolute atomic E-state index is 0.105. The molecule has 9 heteroatoms. The summed E-state index contributed by atoms with van der Waals surface area (Å²) in [4.78, 5) is 27.5. The van der Waals surface area contributed by atoms with Crippen molar-refractivity contribution in [2.75, 3.05) is 7.11 Å². The highest BCUT2D eigenvalue weighted by Gasteiger charge is 2.20. The zero-order chi connectivity index (χ0) is 19.4. The highest BCUT2D eigenvalue weighted by Crippen LogP contribution is 2.28. The van der Waals surface area contributed by atoms with Crippen LogP contribution >= 0.6 is 11.3 Å². The molecule has 144 valence electrons. The Morgan fingerprint density at radius 1 is 1.11 bits per heavy atom. The van der Waals surface area contributed by atoms with Crippen LogP contribution in [0.5, 0.6) is 0 Å². The fourth-order valence-electron chi connectivity index (χ4n) is 2.92. The maximum absolute atomic E-state index is 12.4. The van der Waals surface area contributed by atoms with Gasteiger partial charge in [-0.2, -0.15) is 0 Å². The van der Waals surface area contributed by atoms with Gasteiger partial charge < -0.3 is 4.74 Å². The molecule has 1 aromatic carbocycles. The predicted octanol–water partition coefficient (Wildman–Crippen LogP) is 2.43. The van der Waals surface area contributed by atoms with E-state index in [1.807, 2.05) is 6.07 Å². The van der Waals surface area contributed by atoms with Crippen molar-refractivity contribution in [3.8, 4) is 0 Å². The molecule has 3 rings (SSSR count). The molecule has 0 spiro atoms. The normalized spacial score (nSPS) is 14.1. The molecule has 1 aliphatic rings. The second kappa shape index (κ2) is 8.20. The van der Waals surface area contributed by atoms with Gasteiger partial charge in [0.05, 0.1) is 22.4 Å². The smallest absolute Gasteiger partial charge is 0.337 e. The first-order valence-electron chi connectivity index (χ1n) is 8.53. The second-order valence-electron chi connectivity index (χ2n) is 6.20. The summed E-state index contributed by atoms with van der Waals surface area (Å²) in [6.07, 6.45) is 5.31. The Hall–Kier alpha value is -2.23. The number of esters is 1. The van der Waals surface area contributed by atoms with Crippen LogP contribution in [0.4, 0.5) is 0 Å². The number of aryl methyl sites for hydroxylation is 2. The number of amides is 1. The van der Waals surface area contributed by atoms with Gasteiger partial charge >= 0.3 is 5.97 Å². The minimum atomic E-state index is -4.02. The number of carbonyl (C=O) groups is 2. The molecular weight excluding hydrogens is 388 g/mol. The van der Waals surface area contributed by atoms with Crippen LogP contribution < -0.4 is 10.3 Å². The van der Waals surface area contributed by atoms with Crippen LogP contribution in [0.1, 0.15) is 49.7 Å². The third-order valence-electron chi connectivity index (χ3n) is 4.33. The Balaban J connectivity index is 1.70. The molecule has 0 fully saturated rings. The third kappa shape index (κ3) is 4.55. The summed E-state index contributed by atoms with van der Waals surface area (Å²) in [5.74, 6) is -1.14. The molecule has 0 saturated carbocycles. The molecule has 27 heavy (non-hydrogen) atoms. The molecule has 0 bridgehead atoms. The molecule has 1 aliphatic carbocycles. The van der Waals surface area contributed by atoms with Gasteiger partial charge in [-0.25, -0.2) is 13.2 Å². The van der Waals surface area contributed by atoms with Crippen molar-refractivity contribution in [1.82, 2.24) is 10.3 Å². The van der Waals surface area contributed by atoms with E-state index in [-0.39, 0.29) is 10.5 Å². The molecule has 2 N–H and O–H groups in total. The van der Waals surface area contributed by atoms with Crippen LogP contribution in [0.15, 0.2) is 35.2 Å². The van der Waals surface area contributed by atoms with Crippen molar-refractivity contribution in [1.29, 1.82) is 0 Å². The Kier molecular flexibility index (Phi) is 5.93. The fourth-order valence-corrected chi connectivity index (χ4v) is 4.96. The molecule has 2 aromatic rings. The van der Waals surface area contributed by atoms with Gasteiger partial charge in [-0.15, -0.1) is 16.2 Å².